The Hall–Kier alpha value is -0.670. The maximum atomic E-state index is 4.07. The summed E-state index contributed by atoms with van der Waals surface area (Å²) >= 11 is 3.36. The lowest BCUT2D eigenvalue weighted by Crippen LogP contribution is -2.13. The molecular weight excluding hydrogens is 216 g/mol. The van der Waals surface area contributed by atoms with Crippen LogP contribution in [0, 0.1) is 0 Å². The number of hydrogen-bond acceptors (Lipinski definition) is 2. The number of halogens is 1. The Morgan fingerprint density at radius 3 is 2.92 bits per heavy atom. The summed E-state index contributed by atoms with van der Waals surface area (Å²) in [6.45, 7) is 3.73. The van der Waals surface area contributed by atoms with Gasteiger partial charge >= 0.3 is 0 Å². The zero-order valence-corrected chi connectivity index (χ0v) is 8.51. The van der Waals surface area contributed by atoms with Crippen LogP contribution in [0.2, 0.25) is 0 Å². The number of hydrogen-bond donors (Lipinski definition) is 1. The van der Waals surface area contributed by atoms with Crippen molar-refractivity contribution in [2.75, 3.05) is 7.05 Å². The standard InChI is InChI=1S/C9H11BrN2/c1-3-9(11-2)7-4-8(10)6-12-5-7/h3-6,9,11H,1H2,2H3. The summed E-state index contributed by atoms with van der Waals surface area (Å²) in [5.74, 6) is 0. The average molecular weight is 227 g/mol. The molecule has 0 saturated carbocycles. The SMILES string of the molecule is C=CC(NC)c1cncc(Br)c1. The largest absolute Gasteiger partial charge is 0.310 e. The summed E-state index contributed by atoms with van der Waals surface area (Å²) in [5.41, 5.74) is 1.11. The van der Waals surface area contributed by atoms with Gasteiger partial charge in [0.15, 0.2) is 0 Å². The maximum Gasteiger partial charge on any atom is 0.0516 e. The minimum atomic E-state index is 0.176. The van der Waals surface area contributed by atoms with Gasteiger partial charge in [-0.05, 0) is 34.6 Å². The topological polar surface area (TPSA) is 24.9 Å². The lowest BCUT2D eigenvalue weighted by molar-refractivity contribution is 0.712. The quantitative estimate of drug-likeness (QED) is 0.801. The molecule has 1 N–H and O–H groups in total. The van der Waals surface area contributed by atoms with Gasteiger partial charge < -0.3 is 5.32 Å². The van der Waals surface area contributed by atoms with Crippen molar-refractivity contribution in [2.24, 2.45) is 0 Å². The number of pyridine rings is 1. The van der Waals surface area contributed by atoms with Gasteiger partial charge in [-0.25, -0.2) is 0 Å². The molecular formula is C9H11BrN2. The van der Waals surface area contributed by atoms with Crippen molar-refractivity contribution < 1.29 is 0 Å². The highest BCUT2D eigenvalue weighted by molar-refractivity contribution is 9.10. The molecule has 1 atom stereocenters. The summed E-state index contributed by atoms with van der Waals surface area (Å²) in [4.78, 5) is 4.07. The van der Waals surface area contributed by atoms with E-state index >= 15 is 0 Å². The van der Waals surface area contributed by atoms with Crippen LogP contribution in [-0.4, -0.2) is 12.0 Å². The van der Waals surface area contributed by atoms with E-state index in [1.807, 2.05) is 25.4 Å². The normalized spacial score (nSPS) is 12.5. The monoisotopic (exact) mass is 226 g/mol. The van der Waals surface area contributed by atoms with Gasteiger partial charge in [-0.1, -0.05) is 6.08 Å². The van der Waals surface area contributed by atoms with Crippen molar-refractivity contribution in [3.63, 3.8) is 0 Å². The van der Waals surface area contributed by atoms with E-state index in [4.69, 9.17) is 0 Å². The molecule has 1 aromatic heterocycles. The van der Waals surface area contributed by atoms with Gasteiger partial charge in [0.25, 0.3) is 0 Å². The summed E-state index contributed by atoms with van der Waals surface area (Å²) in [7, 11) is 1.90. The van der Waals surface area contributed by atoms with Crippen molar-refractivity contribution in [1.82, 2.24) is 10.3 Å². The first-order valence-corrected chi connectivity index (χ1v) is 4.47. The van der Waals surface area contributed by atoms with E-state index in [1.165, 1.54) is 0 Å². The molecule has 12 heavy (non-hydrogen) atoms. The Morgan fingerprint density at radius 2 is 2.42 bits per heavy atom. The first-order valence-electron chi connectivity index (χ1n) is 3.68. The van der Waals surface area contributed by atoms with Gasteiger partial charge in [-0.3, -0.25) is 4.98 Å². The first-order chi connectivity index (χ1) is 5.77. The van der Waals surface area contributed by atoms with Crippen LogP contribution in [0.1, 0.15) is 11.6 Å². The molecule has 0 spiro atoms. The Balaban J connectivity index is 2.93. The predicted octanol–water partition coefficient (Wildman–Crippen LogP) is 2.29. The van der Waals surface area contributed by atoms with Gasteiger partial charge in [-0.15, -0.1) is 6.58 Å². The van der Waals surface area contributed by atoms with Crippen molar-refractivity contribution in [1.29, 1.82) is 0 Å². The minimum absolute atomic E-state index is 0.176. The maximum absolute atomic E-state index is 4.07. The number of aromatic nitrogens is 1. The Morgan fingerprint density at radius 1 is 1.67 bits per heavy atom. The van der Waals surface area contributed by atoms with Gasteiger partial charge in [0.05, 0.1) is 6.04 Å². The third kappa shape index (κ3) is 2.16. The van der Waals surface area contributed by atoms with E-state index in [2.05, 4.69) is 32.8 Å². The molecule has 0 fully saturated rings. The first kappa shape index (κ1) is 9.42. The van der Waals surface area contributed by atoms with Gasteiger partial charge in [0.2, 0.25) is 0 Å². The van der Waals surface area contributed by atoms with E-state index in [1.54, 1.807) is 6.20 Å². The van der Waals surface area contributed by atoms with Crippen LogP contribution in [0.25, 0.3) is 0 Å². The molecule has 0 aromatic carbocycles. The van der Waals surface area contributed by atoms with Crippen LogP contribution >= 0.6 is 15.9 Å². The summed E-state index contributed by atoms with van der Waals surface area (Å²) in [6.07, 6.45) is 5.44. The zero-order valence-electron chi connectivity index (χ0n) is 6.92. The molecule has 0 bridgehead atoms. The molecule has 0 aliphatic heterocycles. The number of likely N-dealkylation sites (N-methyl/N-ethyl adjacent to an activating group) is 1. The van der Waals surface area contributed by atoms with E-state index in [0.29, 0.717) is 0 Å². The third-order valence-corrected chi connectivity index (χ3v) is 2.07. The smallest absolute Gasteiger partial charge is 0.0516 e. The molecule has 1 heterocycles. The highest BCUT2D eigenvalue weighted by atomic mass is 79.9. The highest BCUT2D eigenvalue weighted by Crippen LogP contribution is 2.16. The molecule has 0 aliphatic rings. The van der Waals surface area contributed by atoms with E-state index in [-0.39, 0.29) is 6.04 Å². The summed E-state index contributed by atoms with van der Waals surface area (Å²) in [5, 5.41) is 3.12. The summed E-state index contributed by atoms with van der Waals surface area (Å²) < 4.78 is 0.988. The summed E-state index contributed by atoms with van der Waals surface area (Å²) in [6, 6.07) is 2.20. The molecule has 1 unspecified atom stereocenters. The second-order valence-corrected chi connectivity index (χ2v) is 3.35. The third-order valence-electron chi connectivity index (χ3n) is 1.63. The van der Waals surface area contributed by atoms with Crippen LogP contribution in [0.15, 0.2) is 35.6 Å². The van der Waals surface area contributed by atoms with Crippen LogP contribution < -0.4 is 5.32 Å². The van der Waals surface area contributed by atoms with Crippen LogP contribution in [0.5, 0.6) is 0 Å². The molecule has 0 amide bonds. The lowest BCUT2D eigenvalue weighted by atomic mass is 10.1. The fourth-order valence-corrected chi connectivity index (χ4v) is 1.40. The fraction of sp³-hybridized carbons (Fsp3) is 0.222. The van der Waals surface area contributed by atoms with Gasteiger partial charge in [0.1, 0.15) is 0 Å². The van der Waals surface area contributed by atoms with Gasteiger partial charge in [0, 0.05) is 16.9 Å². The Bertz CT molecular complexity index is 273. The van der Waals surface area contributed by atoms with Crippen LogP contribution in [-0.2, 0) is 0 Å². The second kappa shape index (κ2) is 4.38. The fourth-order valence-electron chi connectivity index (χ4n) is 1.02. The average Bonchev–Trinajstić information content (AvgIpc) is 2.07. The second-order valence-electron chi connectivity index (χ2n) is 2.44. The lowest BCUT2D eigenvalue weighted by Gasteiger charge is -2.10. The minimum Gasteiger partial charge on any atom is -0.310 e. The Kier molecular flexibility index (Phi) is 3.44. The van der Waals surface area contributed by atoms with Crippen molar-refractivity contribution in [2.45, 2.75) is 6.04 Å². The van der Waals surface area contributed by atoms with Crippen molar-refractivity contribution >= 4 is 15.9 Å². The Labute approximate surface area is 80.8 Å². The molecule has 1 rings (SSSR count). The molecule has 2 nitrogen and oxygen atoms in total. The number of nitrogens with zero attached hydrogens (tertiary/aromatic N) is 1. The molecule has 0 aliphatic carbocycles. The van der Waals surface area contributed by atoms with E-state index < -0.39 is 0 Å². The molecule has 1 aromatic rings. The van der Waals surface area contributed by atoms with E-state index in [9.17, 15) is 0 Å². The number of rotatable bonds is 3. The van der Waals surface area contributed by atoms with E-state index in [0.717, 1.165) is 10.0 Å². The van der Waals surface area contributed by atoms with Crippen LogP contribution in [0.3, 0.4) is 0 Å². The van der Waals surface area contributed by atoms with Crippen LogP contribution in [0.4, 0.5) is 0 Å². The van der Waals surface area contributed by atoms with Gasteiger partial charge in [-0.2, -0.15) is 0 Å². The van der Waals surface area contributed by atoms with Crippen molar-refractivity contribution in [3.8, 4) is 0 Å². The molecule has 3 heteroatoms. The number of nitrogens with one attached hydrogen (secondary N) is 1. The zero-order chi connectivity index (χ0) is 8.97. The highest BCUT2D eigenvalue weighted by Gasteiger charge is 2.03. The predicted molar refractivity (Wildman–Crippen MR) is 53.9 cm³/mol. The van der Waals surface area contributed by atoms with Crippen molar-refractivity contribution in [3.05, 3.63) is 41.2 Å². The molecule has 0 saturated heterocycles. The molecule has 0 radical (unpaired) electrons. The molecule has 64 valence electrons.